The van der Waals surface area contributed by atoms with Crippen molar-refractivity contribution in [1.29, 1.82) is 0 Å². The zero-order valence-electron chi connectivity index (χ0n) is 11.2. The molecule has 116 valence electrons. The molecule has 0 aromatic heterocycles. The van der Waals surface area contributed by atoms with Crippen LogP contribution in [0.2, 0.25) is 0 Å². The summed E-state index contributed by atoms with van der Waals surface area (Å²) in [6.45, 7) is 0.527. The van der Waals surface area contributed by atoms with Gasteiger partial charge in [0.1, 0.15) is 10.7 Å². The number of benzene rings is 1. The van der Waals surface area contributed by atoms with Crippen LogP contribution in [0.15, 0.2) is 21.5 Å². The van der Waals surface area contributed by atoms with Crippen molar-refractivity contribution < 1.29 is 17.5 Å². The van der Waals surface area contributed by atoms with Crippen LogP contribution in [0.1, 0.15) is 19.3 Å². The first kappa shape index (κ1) is 15.2. The highest BCUT2D eigenvalue weighted by atomic mass is 79.9. The predicted octanol–water partition coefficient (Wildman–Crippen LogP) is 2.02. The fourth-order valence-corrected chi connectivity index (χ4v) is 4.33. The summed E-state index contributed by atoms with van der Waals surface area (Å²) in [6, 6.07) is 1.89. The zero-order valence-corrected chi connectivity index (χ0v) is 13.6. The van der Waals surface area contributed by atoms with Gasteiger partial charge in [0.2, 0.25) is 10.0 Å². The number of nitrogen functional groups attached to an aromatic ring is 1. The van der Waals surface area contributed by atoms with Crippen molar-refractivity contribution in [2.75, 3.05) is 12.3 Å². The lowest BCUT2D eigenvalue weighted by Gasteiger charge is -2.19. The van der Waals surface area contributed by atoms with Crippen molar-refractivity contribution in [3.8, 4) is 0 Å². The molecule has 0 radical (unpaired) electrons. The van der Waals surface area contributed by atoms with E-state index in [1.54, 1.807) is 0 Å². The Kier molecular flexibility index (Phi) is 3.98. The quantitative estimate of drug-likeness (QED) is 0.785. The van der Waals surface area contributed by atoms with Crippen molar-refractivity contribution in [3.63, 3.8) is 0 Å². The van der Waals surface area contributed by atoms with E-state index >= 15 is 0 Å². The number of hydrogen-bond donors (Lipinski definition) is 2. The number of sulfonamides is 1. The molecule has 0 bridgehead atoms. The maximum Gasteiger partial charge on any atom is 0.243 e. The average Bonchev–Trinajstić information content (AvgIpc) is 3.14. The lowest BCUT2D eigenvalue weighted by molar-refractivity contribution is 0.0848. The smallest absolute Gasteiger partial charge is 0.243 e. The van der Waals surface area contributed by atoms with Crippen LogP contribution in [-0.2, 0) is 14.8 Å². The molecule has 0 spiro atoms. The van der Waals surface area contributed by atoms with Crippen molar-refractivity contribution in [2.45, 2.75) is 36.3 Å². The van der Waals surface area contributed by atoms with Crippen LogP contribution in [0, 0.1) is 11.7 Å². The minimum atomic E-state index is -3.96. The Morgan fingerprint density at radius 2 is 2.05 bits per heavy atom. The fraction of sp³-hybridized carbons (Fsp3) is 0.538. The Hall–Kier alpha value is -0.700. The second kappa shape index (κ2) is 5.49. The zero-order chi connectivity index (χ0) is 15.2. The van der Waals surface area contributed by atoms with Gasteiger partial charge in [-0.25, -0.2) is 17.5 Å². The topological polar surface area (TPSA) is 81.4 Å². The van der Waals surface area contributed by atoms with Gasteiger partial charge in [0.05, 0.1) is 12.1 Å². The molecule has 2 unspecified atom stereocenters. The third-order valence-corrected chi connectivity index (χ3v) is 6.06. The lowest BCUT2D eigenvalue weighted by Crippen LogP contribution is -2.41. The number of halogens is 2. The van der Waals surface area contributed by atoms with Gasteiger partial charge < -0.3 is 10.5 Å². The van der Waals surface area contributed by atoms with E-state index in [9.17, 15) is 12.8 Å². The maximum absolute atomic E-state index is 13.9. The predicted molar refractivity (Wildman–Crippen MR) is 79.7 cm³/mol. The molecule has 1 saturated carbocycles. The lowest BCUT2D eigenvalue weighted by atomic mass is 10.1. The summed E-state index contributed by atoms with van der Waals surface area (Å²) in [4.78, 5) is -0.426. The Morgan fingerprint density at radius 3 is 2.71 bits per heavy atom. The van der Waals surface area contributed by atoms with Gasteiger partial charge in [0, 0.05) is 16.8 Å². The molecule has 1 heterocycles. The van der Waals surface area contributed by atoms with Gasteiger partial charge in [-0.1, -0.05) is 0 Å². The van der Waals surface area contributed by atoms with Crippen LogP contribution in [0.4, 0.5) is 10.1 Å². The average molecular weight is 379 g/mol. The molecule has 2 aliphatic rings. The minimum Gasteiger partial charge on any atom is -0.398 e. The van der Waals surface area contributed by atoms with E-state index in [-0.39, 0.29) is 17.8 Å². The fourth-order valence-electron chi connectivity index (χ4n) is 2.64. The van der Waals surface area contributed by atoms with Gasteiger partial charge in [0.15, 0.2) is 0 Å². The van der Waals surface area contributed by atoms with Crippen molar-refractivity contribution in [1.82, 2.24) is 4.72 Å². The first-order chi connectivity index (χ1) is 9.88. The van der Waals surface area contributed by atoms with Crippen LogP contribution in [0.5, 0.6) is 0 Å². The van der Waals surface area contributed by atoms with Crippen molar-refractivity contribution >= 4 is 31.6 Å². The molecule has 1 aliphatic carbocycles. The molecular formula is C13H16BrFN2O3S. The number of ether oxygens (including phenoxy) is 1. The highest BCUT2D eigenvalue weighted by Crippen LogP contribution is 2.39. The second-order valence-corrected chi connectivity index (χ2v) is 8.03. The number of anilines is 1. The first-order valence-corrected chi connectivity index (χ1v) is 9.04. The normalized spacial score (nSPS) is 26.2. The molecule has 5 nitrogen and oxygen atoms in total. The molecule has 1 saturated heterocycles. The van der Waals surface area contributed by atoms with Crippen LogP contribution in [-0.4, -0.2) is 27.2 Å². The van der Waals surface area contributed by atoms with Crippen molar-refractivity contribution in [3.05, 3.63) is 22.4 Å². The summed E-state index contributed by atoms with van der Waals surface area (Å²) >= 11 is 3.07. The van der Waals surface area contributed by atoms with Gasteiger partial charge in [-0.05, 0) is 53.2 Å². The molecule has 2 fully saturated rings. The van der Waals surface area contributed by atoms with Gasteiger partial charge >= 0.3 is 0 Å². The van der Waals surface area contributed by atoms with E-state index in [1.807, 2.05) is 0 Å². The number of nitrogens with two attached hydrogens (primary N) is 1. The monoisotopic (exact) mass is 378 g/mol. The second-order valence-electron chi connectivity index (χ2n) is 5.49. The number of rotatable bonds is 4. The van der Waals surface area contributed by atoms with Gasteiger partial charge in [-0.15, -0.1) is 0 Å². The molecule has 1 aromatic carbocycles. The summed E-state index contributed by atoms with van der Waals surface area (Å²) in [5.41, 5.74) is 5.83. The molecule has 21 heavy (non-hydrogen) atoms. The minimum absolute atomic E-state index is 0.101. The SMILES string of the molecule is Nc1cc(S(=O)(=O)NC2CCOC2C2CC2)c(F)cc1Br. The number of hydrogen-bond acceptors (Lipinski definition) is 4. The maximum atomic E-state index is 13.9. The summed E-state index contributed by atoms with van der Waals surface area (Å²) < 4.78 is 47.2. The highest BCUT2D eigenvalue weighted by Gasteiger charge is 2.42. The van der Waals surface area contributed by atoms with E-state index in [4.69, 9.17) is 10.5 Å². The van der Waals surface area contributed by atoms with Gasteiger partial charge in [-0.3, -0.25) is 0 Å². The van der Waals surface area contributed by atoms with Crippen LogP contribution in [0.25, 0.3) is 0 Å². The summed E-state index contributed by atoms with van der Waals surface area (Å²) in [5.74, 6) is -0.412. The molecule has 0 amide bonds. The molecule has 1 aliphatic heterocycles. The van der Waals surface area contributed by atoms with Gasteiger partial charge in [-0.2, -0.15) is 0 Å². The van der Waals surface area contributed by atoms with Crippen LogP contribution < -0.4 is 10.5 Å². The Morgan fingerprint density at radius 1 is 1.33 bits per heavy atom. The molecule has 8 heteroatoms. The van der Waals surface area contributed by atoms with Gasteiger partial charge in [0.25, 0.3) is 0 Å². The van der Waals surface area contributed by atoms with E-state index in [2.05, 4.69) is 20.7 Å². The molecular weight excluding hydrogens is 363 g/mol. The first-order valence-electron chi connectivity index (χ1n) is 6.77. The third kappa shape index (κ3) is 3.08. The molecule has 3 rings (SSSR count). The number of nitrogens with one attached hydrogen (secondary N) is 1. The summed E-state index contributed by atoms with van der Waals surface area (Å²) in [7, 11) is -3.96. The van der Waals surface area contributed by atoms with E-state index in [0.717, 1.165) is 25.0 Å². The standard InChI is InChI=1S/C13H16BrFN2O3S/c14-8-5-9(15)12(6-10(8)16)21(18,19)17-11-3-4-20-13(11)7-1-2-7/h5-7,11,13,17H,1-4,16H2. The van der Waals surface area contributed by atoms with Crippen LogP contribution >= 0.6 is 15.9 Å². The Labute approximate surface area is 131 Å². The third-order valence-electron chi connectivity index (χ3n) is 3.87. The highest BCUT2D eigenvalue weighted by molar-refractivity contribution is 9.10. The summed E-state index contributed by atoms with van der Waals surface area (Å²) in [6.07, 6.45) is 2.62. The van der Waals surface area contributed by atoms with E-state index in [1.165, 1.54) is 0 Å². The summed E-state index contributed by atoms with van der Waals surface area (Å²) in [5, 5.41) is 0. The molecule has 1 aromatic rings. The van der Waals surface area contributed by atoms with E-state index < -0.39 is 20.7 Å². The largest absolute Gasteiger partial charge is 0.398 e. The van der Waals surface area contributed by atoms with E-state index in [0.29, 0.717) is 23.4 Å². The molecule has 3 N–H and O–H groups in total. The Balaban J connectivity index is 1.85. The Bertz CT molecular complexity index is 664. The van der Waals surface area contributed by atoms with Crippen molar-refractivity contribution in [2.24, 2.45) is 5.92 Å². The van der Waals surface area contributed by atoms with Crippen LogP contribution in [0.3, 0.4) is 0 Å². The molecule has 2 atom stereocenters.